The van der Waals surface area contributed by atoms with Crippen LogP contribution in [0.4, 0.5) is 0 Å². The molecule has 0 heterocycles. The lowest BCUT2D eigenvalue weighted by Gasteiger charge is -2.18. The van der Waals surface area contributed by atoms with Gasteiger partial charge in [0, 0.05) is 24.2 Å². The molecular weight excluding hydrogens is 274 g/mol. The zero-order chi connectivity index (χ0) is 15.8. The van der Waals surface area contributed by atoms with Gasteiger partial charge in [-0.3, -0.25) is 4.79 Å². The Balaban J connectivity index is 3.12. The number of esters is 1. The van der Waals surface area contributed by atoms with Gasteiger partial charge >= 0.3 is 5.97 Å². The standard InChI is InChI=1S/C15H23NO5/c1-5-21-15(17)10(9-16)6-12-13(19-3)7-11(18-2)8-14(12)20-4/h7-8,10H,5-6,9,16H2,1-4H3. The number of methoxy groups -OCH3 is 3. The molecule has 1 unspecified atom stereocenters. The minimum Gasteiger partial charge on any atom is -0.496 e. The first kappa shape index (κ1) is 17.1. The number of hydrogen-bond acceptors (Lipinski definition) is 6. The second-order valence-electron chi connectivity index (χ2n) is 4.40. The molecule has 0 spiro atoms. The Labute approximate surface area is 125 Å². The van der Waals surface area contributed by atoms with Crippen LogP contribution in [-0.4, -0.2) is 40.5 Å². The van der Waals surface area contributed by atoms with Gasteiger partial charge in [0.1, 0.15) is 17.2 Å². The van der Waals surface area contributed by atoms with Gasteiger partial charge in [-0.05, 0) is 13.3 Å². The summed E-state index contributed by atoms with van der Waals surface area (Å²) in [5.41, 5.74) is 6.45. The Morgan fingerprint density at radius 1 is 1.14 bits per heavy atom. The molecule has 1 aromatic carbocycles. The van der Waals surface area contributed by atoms with E-state index in [4.69, 9.17) is 24.7 Å². The van der Waals surface area contributed by atoms with Crippen LogP contribution in [0.15, 0.2) is 12.1 Å². The van der Waals surface area contributed by atoms with Crippen LogP contribution in [0, 0.1) is 5.92 Å². The van der Waals surface area contributed by atoms with Crippen molar-refractivity contribution < 1.29 is 23.7 Å². The van der Waals surface area contributed by atoms with Crippen LogP contribution in [0.25, 0.3) is 0 Å². The van der Waals surface area contributed by atoms with Gasteiger partial charge in [-0.25, -0.2) is 0 Å². The van der Waals surface area contributed by atoms with Crippen molar-refractivity contribution in [3.63, 3.8) is 0 Å². The monoisotopic (exact) mass is 297 g/mol. The zero-order valence-corrected chi connectivity index (χ0v) is 13.0. The molecule has 118 valence electrons. The van der Waals surface area contributed by atoms with Crippen LogP contribution < -0.4 is 19.9 Å². The summed E-state index contributed by atoms with van der Waals surface area (Å²) >= 11 is 0. The molecule has 0 aromatic heterocycles. The van der Waals surface area contributed by atoms with E-state index in [-0.39, 0.29) is 12.5 Å². The molecule has 6 heteroatoms. The lowest BCUT2D eigenvalue weighted by molar-refractivity contribution is -0.147. The molecule has 0 radical (unpaired) electrons. The Morgan fingerprint density at radius 3 is 2.10 bits per heavy atom. The van der Waals surface area contributed by atoms with Crippen molar-refractivity contribution in [1.82, 2.24) is 0 Å². The maximum absolute atomic E-state index is 11.9. The third-order valence-electron chi connectivity index (χ3n) is 3.17. The zero-order valence-electron chi connectivity index (χ0n) is 13.0. The van der Waals surface area contributed by atoms with Crippen LogP contribution in [0.1, 0.15) is 12.5 Å². The summed E-state index contributed by atoms with van der Waals surface area (Å²) in [6.45, 7) is 2.28. The predicted molar refractivity (Wildman–Crippen MR) is 79.0 cm³/mol. The Bertz CT molecular complexity index is 450. The van der Waals surface area contributed by atoms with Crippen molar-refractivity contribution in [3.8, 4) is 17.2 Å². The molecule has 1 atom stereocenters. The van der Waals surface area contributed by atoms with E-state index in [0.29, 0.717) is 30.3 Å². The highest BCUT2D eigenvalue weighted by molar-refractivity contribution is 5.73. The number of carbonyl (C=O) groups is 1. The number of hydrogen-bond donors (Lipinski definition) is 1. The van der Waals surface area contributed by atoms with E-state index < -0.39 is 5.92 Å². The largest absolute Gasteiger partial charge is 0.496 e. The topological polar surface area (TPSA) is 80.0 Å². The first-order valence-electron chi connectivity index (χ1n) is 6.76. The SMILES string of the molecule is CCOC(=O)C(CN)Cc1c(OC)cc(OC)cc1OC. The molecule has 0 fully saturated rings. The quantitative estimate of drug-likeness (QED) is 0.730. The molecule has 2 N–H and O–H groups in total. The van der Waals surface area contributed by atoms with Gasteiger partial charge in [0.15, 0.2) is 0 Å². The predicted octanol–water partition coefficient (Wildman–Crippen LogP) is 1.39. The van der Waals surface area contributed by atoms with Gasteiger partial charge in [0.25, 0.3) is 0 Å². The second-order valence-corrected chi connectivity index (χ2v) is 4.40. The number of carbonyl (C=O) groups excluding carboxylic acids is 1. The molecular formula is C15H23NO5. The lowest BCUT2D eigenvalue weighted by atomic mass is 9.97. The van der Waals surface area contributed by atoms with E-state index in [1.807, 2.05) is 0 Å². The van der Waals surface area contributed by atoms with Crippen molar-refractivity contribution >= 4 is 5.97 Å². The second kappa shape index (κ2) is 8.36. The summed E-state index contributed by atoms with van der Waals surface area (Å²) in [7, 11) is 4.67. The van der Waals surface area contributed by atoms with E-state index in [9.17, 15) is 4.79 Å². The molecule has 0 aliphatic heterocycles. The van der Waals surface area contributed by atoms with E-state index in [1.54, 1.807) is 40.4 Å². The highest BCUT2D eigenvalue weighted by Gasteiger charge is 2.23. The van der Waals surface area contributed by atoms with E-state index in [2.05, 4.69) is 0 Å². The summed E-state index contributed by atoms with van der Waals surface area (Å²) in [4.78, 5) is 11.9. The van der Waals surface area contributed by atoms with Crippen molar-refractivity contribution in [2.45, 2.75) is 13.3 Å². The molecule has 6 nitrogen and oxygen atoms in total. The number of benzene rings is 1. The molecule has 0 amide bonds. The molecule has 0 aliphatic carbocycles. The molecule has 0 aliphatic rings. The molecule has 0 saturated carbocycles. The average Bonchev–Trinajstić information content (AvgIpc) is 2.51. The van der Waals surface area contributed by atoms with Gasteiger partial charge in [0.2, 0.25) is 0 Å². The maximum Gasteiger partial charge on any atom is 0.310 e. The van der Waals surface area contributed by atoms with Crippen molar-refractivity contribution in [1.29, 1.82) is 0 Å². The third-order valence-corrected chi connectivity index (χ3v) is 3.17. The Kier molecular flexibility index (Phi) is 6.81. The molecule has 1 aromatic rings. The summed E-state index contributed by atoms with van der Waals surface area (Å²) < 4.78 is 21.0. The summed E-state index contributed by atoms with van der Waals surface area (Å²) in [5, 5.41) is 0. The molecule has 0 bridgehead atoms. The van der Waals surface area contributed by atoms with Gasteiger partial charge in [-0.1, -0.05) is 0 Å². The lowest BCUT2D eigenvalue weighted by Crippen LogP contribution is -2.28. The maximum atomic E-state index is 11.9. The summed E-state index contributed by atoms with van der Waals surface area (Å²) in [6.07, 6.45) is 0.381. The molecule has 1 rings (SSSR count). The third kappa shape index (κ3) is 4.26. The normalized spacial score (nSPS) is 11.7. The summed E-state index contributed by atoms with van der Waals surface area (Å²) in [6, 6.07) is 3.49. The van der Waals surface area contributed by atoms with E-state index in [0.717, 1.165) is 5.56 Å². The van der Waals surface area contributed by atoms with Crippen LogP contribution in [-0.2, 0) is 16.0 Å². The Morgan fingerprint density at radius 2 is 1.71 bits per heavy atom. The van der Waals surface area contributed by atoms with Crippen molar-refractivity contribution in [2.24, 2.45) is 11.7 Å². The first-order chi connectivity index (χ1) is 10.1. The van der Waals surface area contributed by atoms with Crippen LogP contribution in [0.3, 0.4) is 0 Å². The van der Waals surface area contributed by atoms with Crippen LogP contribution in [0.2, 0.25) is 0 Å². The van der Waals surface area contributed by atoms with Gasteiger partial charge < -0.3 is 24.7 Å². The van der Waals surface area contributed by atoms with Crippen LogP contribution >= 0.6 is 0 Å². The number of rotatable bonds is 8. The molecule has 0 saturated heterocycles. The number of ether oxygens (including phenoxy) is 4. The fourth-order valence-electron chi connectivity index (χ4n) is 2.05. The van der Waals surface area contributed by atoms with Gasteiger partial charge in [-0.2, -0.15) is 0 Å². The fraction of sp³-hybridized carbons (Fsp3) is 0.533. The van der Waals surface area contributed by atoms with Crippen molar-refractivity contribution in [3.05, 3.63) is 17.7 Å². The fourth-order valence-corrected chi connectivity index (χ4v) is 2.05. The highest BCUT2D eigenvalue weighted by Crippen LogP contribution is 2.35. The highest BCUT2D eigenvalue weighted by atomic mass is 16.5. The summed E-state index contributed by atoms with van der Waals surface area (Å²) in [5.74, 6) is 1.04. The minimum absolute atomic E-state index is 0.192. The van der Waals surface area contributed by atoms with Gasteiger partial charge in [-0.15, -0.1) is 0 Å². The first-order valence-corrected chi connectivity index (χ1v) is 6.76. The minimum atomic E-state index is -0.443. The molecule has 21 heavy (non-hydrogen) atoms. The van der Waals surface area contributed by atoms with Gasteiger partial charge in [0.05, 0.1) is 33.9 Å². The number of nitrogens with two attached hydrogens (primary N) is 1. The van der Waals surface area contributed by atoms with E-state index in [1.165, 1.54) is 0 Å². The average molecular weight is 297 g/mol. The smallest absolute Gasteiger partial charge is 0.310 e. The van der Waals surface area contributed by atoms with Crippen molar-refractivity contribution in [2.75, 3.05) is 34.5 Å². The van der Waals surface area contributed by atoms with Crippen LogP contribution in [0.5, 0.6) is 17.2 Å². The Hall–Kier alpha value is -1.95. The van der Waals surface area contributed by atoms with E-state index >= 15 is 0 Å².